The van der Waals surface area contributed by atoms with Crippen molar-refractivity contribution in [2.45, 2.75) is 6.04 Å². The van der Waals surface area contributed by atoms with Gasteiger partial charge in [0, 0.05) is 29.4 Å². The monoisotopic (exact) mass is 289 g/mol. The Morgan fingerprint density at radius 2 is 2.19 bits per heavy atom. The first-order valence-corrected chi connectivity index (χ1v) is 6.17. The van der Waals surface area contributed by atoms with E-state index in [1.807, 2.05) is 0 Å². The molecule has 0 aromatic carbocycles. The van der Waals surface area contributed by atoms with Gasteiger partial charge in [-0.2, -0.15) is 0 Å². The van der Waals surface area contributed by atoms with Crippen LogP contribution in [0, 0.1) is 0 Å². The highest BCUT2D eigenvalue weighted by Crippen LogP contribution is 2.18. The third-order valence-corrected chi connectivity index (χ3v) is 3.30. The molecular weight excluding hydrogens is 274 g/mol. The number of carboxylic acids is 1. The van der Waals surface area contributed by atoms with Crippen LogP contribution in [0.25, 0.3) is 12.7 Å². The molecule has 1 saturated heterocycles. The topological polar surface area (TPSA) is 91.6 Å². The lowest BCUT2D eigenvalue weighted by Crippen LogP contribution is -2.35. The Bertz CT molecular complexity index is 747. The number of imide groups is 1. The second-order valence-electron chi connectivity index (χ2n) is 4.66. The minimum atomic E-state index is -1.25. The number of carbonyl (C=O) groups is 3. The van der Waals surface area contributed by atoms with Gasteiger partial charge in [0.1, 0.15) is 12.6 Å². The Hall–Kier alpha value is -2.83. The summed E-state index contributed by atoms with van der Waals surface area (Å²) in [5, 5.41) is 12.6. The van der Waals surface area contributed by atoms with Crippen molar-refractivity contribution >= 4 is 30.6 Å². The largest absolute Gasteiger partial charge is 0.480 e. The van der Waals surface area contributed by atoms with Gasteiger partial charge >= 0.3 is 12.0 Å². The molecule has 7 nitrogen and oxygen atoms in total. The molecule has 1 aliphatic rings. The van der Waals surface area contributed by atoms with E-state index in [2.05, 4.69) is 18.5 Å². The number of hydrogen-bond donors (Lipinski definition) is 2. The molecule has 1 unspecified atom stereocenters. The summed E-state index contributed by atoms with van der Waals surface area (Å²) >= 11 is 0. The number of aliphatic carboxylic acids is 1. The molecule has 0 spiro atoms. The fourth-order valence-corrected chi connectivity index (χ4v) is 2.27. The van der Waals surface area contributed by atoms with Crippen LogP contribution in [0.15, 0.2) is 18.9 Å². The lowest BCUT2D eigenvalue weighted by atomic mass is 10.1. The van der Waals surface area contributed by atoms with E-state index >= 15 is 0 Å². The molecule has 2 rings (SSSR count). The minimum Gasteiger partial charge on any atom is -0.480 e. The van der Waals surface area contributed by atoms with Crippen molar-refractivity contribution in [3.05, 3.63) is 35.0 Å². The molecule has 1 aliphatic heterocycles. The Kier molecular flexibility index (Phi) is 3.66. The number of aromatic nitrogens is 1. The van der Waals surface area contributed by atoms with Gasteiger partial charge in [0.15, 0.2) is 0 Å². The predicted octanol–water partition coefficient (Wildman–Crippen LogP) is -0.921. The van der Waals surface area contributed by atoms with E-state index < -0.39 is 30.5 Å². The molecule has 21 heavy (non-hydrogen) atoms. The van der Waals surface area contributed by atoms with Gasteiger partial charge in [0.25, 0.3) is 5.91 Å². The molecule has 110 valence electrons. The van der Waals surface area contributed by atoms with Gasteiger partial charge < -0.3 is 15.0 Å². The van der Waals surface area contributed by atoms with Crippen molar-refractivity contribution < 1.29 is 19.5 Å². The van der Waals surface area contributed by atoms with Gasteiger partial charge in [0.05, 0.1) is 0 Å². The van der Waals surface area contributed by atoms with E-state index in [1.54, 1.807) is 30.0 Å². The summed E-state index contributed by atoms with van der Waals surface area (Å²) in [7, 11) is 1.77. The van der Waals surface area contributed by atoms with Gasteiger partial charge in [-0.25, -0.2) is 4.79 Å². The van der Waals surface area contributed by atoms with Gasteiger partial charge in [-0.15, -0.1) is 0 Å². The summed E-state index contributed by atoms with van der Waals surface area (Å²) < 4.78 is 1.73. The van der Waals surface area contributed by atoms with Crippen LogP contribution in [-0.4, -0.2) is 39.0 Å². The lowest BCUT2D eigenvalue weighted by molar-refractivity contribution is -0.141. The highest BCUT2D eigenvalue weighted by atomic mass is 16.4. The quantitative estimate of drug-likeness (QED) is 0.701. The molecule has 0 radical (unpaired) electrons. The molecule has 7 heteroatoms. The average Bonchev–Trinajstić information content (AvgIpc) is 2.83. The fraction of sp³-hybridized carbons (Fsp3) is 0.214. The van der Waals surface area contributed by atoms with Crippen molar-refractivity contribution in [1.82, 2.24) is 14.8 Å². The number of hydrogen-bond acceptors (Lipinski definition) is 3. The summed E-state index contributed by atoms with van der Waals surface area (Å²) in [4.78, 5) is 35.4. The maximum absolute atomic E-state index is 12.2. The number of allylic oxidation sites excluding steroid dienone is 1. The molecule has 0 aliphatic carbocycles. The zero-order chi connectivity index (χ0) is 15.7. The molecule has 0 bridgehead atoms. The predicted molar refractivity (Wildman–Crippen MR) is 75.5 cm³/mol. The highest BCUT2D eigenvalue weighted by Gasteiger charge is 2.40. The molecule has 1 fully saturated rings. The van der Waals surface area contributed by atoms with Crippen LogP contribution in [0.4, 0.5) is 4.79 Å². The Balaban J connectivity index is 2.48. The highest BCUT2D eigenvalue weighted by molar-refractivity contribution is 6.06. The third kappa shape index (κ3) is 2.45. The van der Waals surface area contributed by atoms with E-state index in [4.69, 9.17) is 5.11 Å². The number of rotatable bonds is 4. The summed E-state index contributed by atoms with van der Waals surface area (Å²) in [6, 6.07) is -1.63. The van der Waals surface area contributed by atoms with Gasteiger partial charge in [-0.1, -0.05) is 25.3 Å². The van der Waals surface area contributed by atoms with Crippen LogP contribution in [-0.2, 0) is 16.6 Å². The molecule has 0 saturated carbocycles. The number of aryl methyl sites for hydroxylation is 1. The molecule has 1 aromatic rings. The maximum Gasteiger partial charge on any atom is 0.325 e. The van der Waals surface area contributed by atoms with E-state index in [-0.39, 0.29) is 0 Å². The standard InChI is InChI=1S/C14H15N3O4/c1-4-5-9-8(2)16(3)6-10(9)12-13(20)17(7-11(18)19)14(21)15-12/h4-6,12H,1-2,7H2,3H3,(H,15,21)(H,18,19)/b9-5+. The summed E-state index contributed by atoms with van der Waals surface area (Å²) in [5.41, 5.74) is 0.564. The smallest absolute Gasteiger partial charge is 0.325 e. The number of nitrogens with zero attached hydrogens (tertiary/aromatic N) is 2. The molecule has 2 N–H and O–H groups in total. The first kappa shape index (κ1) is 14.6. The van der Waals surface area contributed by atoms with Crippen molar-refractivity contribution in [2.75, 3.05) is 6.54 Å². The zero-order valence-corrected chi connectivity index (χ0v) is 11.5. The summed E-state index contributed by atoms with van der Waals surface area (Å²) in [5.74, 6) is -1.84. The number of urea groups is 1. The van der Waals surface area contributed by atoms with Gasteiger partial charge in [0.2, 0.25) is 0 Å². The van der Waals surface area contributed by atoms with E-state index in [9.17, 15) is 14.4 Å². The van der Waals surface area contributed by atoms with Crippen LogP contribution in [0.1, 0.15) is 11.6 Å². The normalized spacial score (nSPS) is 19.0. The fourth-order valence-electron chi connectivity index (χ4n) is 2.27. The molecule has 2 heterocycles. The van der Waals surface area contributed by atoms with Crippen molar-refractivity contribution in [1.29, 1.82) is 0 Å². The van der Waals surface area contributed by atoms with Crippen LogP contribution in [0.3, 0.4) is 0 Å². The van der Waals surface area contributed by atoms with Crippen molar-refractivity contribution in [3.8, 4) is 0 Å². The molecular formula is C14H15N3O4. The number of nitrogens with one attached hydrogen (secondary N) is 1. The first-order chi connectivity index (χ1) is 9.86. The first-order valence-electron chi connectivity index (χ1n) is 6.17. The van der Waals surface area contributed by atoms with Crippen LogP contribution >= 0.6 is 0 Å². The second kappa shape index (κ2) is 5.28. The molecule has 1 atom stereocenters. The number of carboxylic acid groups (broad SMARTS) is 1. The van der Waals surface area contributed by atoms with Crippen LogP contribution in [0.5, 0.6) is 0 Å². The Labute approximate surface area is 120 Å². The molecule has 3 amide bonds. The Morgan fingerprint density at radius 1 is 1.52 bits per heavy atom. The third-order valence-electron chi connectivity index (χ3n) is 3.30. The van der Waals surface area contributed by atoms with Crippen LogP contribution in [0.2, 0.25) is 0 Å². The van der Waals surface area contributed by atoms with Crippen LogP contribution < -0.4 is 15.9 Å². The van der Waals surface area contributed by atoms with Gasteiger partial charge in [-0.05, 0) is 0 Å². The summed E-state index contributed by atoms with van der Waals surface area (Å²) in [6.07, 6.45) is 4.94. The van der Waals surface area contributed by atoms with Crippen molar-refractivity contribution in [3.63, 3.8) is 0 Å². The van der Waals surface area contributed by atoms with Gasteiger partial charge in [-0.3, -0.25) is 14.5 Å². The van der Waals surface area contributed by atoms with Crippen molar-refractivity contribution in [2.24, 2.45) is 7.05 Å². The number of amides is 3. The van der Waals surface area contributed by atoms with E-state index in [0.717, 1.165) is 0 Å². The second-order valence-corrected chi connectivity index (χ2v) is 4.66. The average molecular weight is 289 g/mol. The van der Waals surface area contributed by atoms with E-state index in [0.29, 0.717) is 21.0 Å². The lowest BCUT2D eigenvalue weighted by Gasteiger charge is -2.09. The molecule has 1 aromatic heterocycles. The summed E-state index contributed by atoms with van der Waals surface area (Å²) in [6.45, 7) is 6.84. The number of carbonyl (C=O) groups excluding carboxylic acids is 2. The maximum atomic E-state index is 12.2. The minimum absolute atomic E-state index is 0.564. The van der Waals surface area contributed by atoms with E-state index in [1.165, 1.54) is 0 Å². The SMILES string of the molecule is C=C/C=c1/c(C2NC(=O)N(CC(=O)O)C2=O)cn(C)c1=C. The Morgan fingerprint density at radius 3 is 2.76 bits per heavy atom. The zero-order valence-electron chi connectivity index (χ0n) is 11.5.